The minimum atomic E-state index is 0.651. The van der Waals surface area contributed by atoms with E-state index in [1.165, 1.54) is 4.88 Å². The summed E-state index contributed by atoms with van der Waals surface area (Å²) in [5, 5.41) is 0. The number of nitrogens with zero attached hydrogens (tertiary/aromatic N) is 1. The van der Waals surface area contributed by atoms with Crippen LogP contribution in [0.1, 0.15) is 11.8 Å². The lowest BCUT2D eigenvalue weighted by atomic mass is 10.2. The van der Waals surface area contributed by atoms with Crippen LogP contribution in [0.15, 0.2) is 6.20 Å². The van der Waals surface area contributed by atoms with Crippen LogP contribution in [0, 0.1) is 0 Å². The summed E-state index contributed by atoms with van der Waals surface area (Å²) < 4.78 is 10.5. The maximum atomic E-state index is 5.38. The Kier molecular flexibility index (Phi) is 5.04. The van der Waals surface area contributed by atoms with E-state index < -0.39 is 0 Å². The Hall–Kier alpha value is -0.385. The number of aromatic nitrogens is 1. The molecule has 0 fully saturated rings. The van der Waals surface area contributed by atoms with Crippen molar-refractivity contribution in [2.45, 2.75) is 13.5 Å². The monoisotopic (exact) mass is 199 g/mol. The van der Waals surface area contributed by atoms with E-state index in [2.05, 4.69) is 4.98 Å². The molecule has 0 amide bonds. The smallest absolute Gasteiger partial charge is 0.177 e. The summed E-state index contributed by atoms with van der Waals surface area (Å²) in [6, 6.07) is 0. The van der Waals surface area contributed by atoms with Gasteiger partial charge in [-0.3, -0.25) is 4.98 Å². The van der Waals surface area contributed by atoms with Crippen molar-refractivity contribution in [1.82, 2.24) is 4.98 Å². The van der Waals surface area contributed by atoms with E-state index in [0.29, 0.717) is 19.8 Å². The predicted octanol–water partition coefficient (Wildman–Crippen LogP) is -0.0454. The summed E-state index contributed by atoms with van der Waals surface area (Å²) in [7, 11) is 1.99. The van der Waals surface area contributed by atoms with Gasteiger partial charge in [0.1, 0.15) is 0 Å². The topological polar surface area (TPSA) is 31.4 Å². The van der Waals surface area contributed by atoms with Crippen molar-refractivity contribution < 1.29 is 9.47 Å². The van der Waals surface area contributed by atoms with Gasteiger partial charge in [0.05, 0.1) is 19.8 Å². The van der Waals surface area contributed by atoms with Gasteiger partial charge in [-0.2, -0.15) is 0 Å². The van der Waals surface area contributed by atoms with Gasteiger partial charge in [-0.05, 0) is 6.92 Å². The summed E-state index contributed by atoms with van der Waals surface area (Å²) in [5.74, 6) is 0. The molecule has 0 aliphatic heterocycles. The zero-order valence-corrected chi connectivity index (χ0v) is 8.89. The van der Waals surface area contributed by atoms with Crippen molar-refractivity contribution in [2.24, 2.45) is 0 Å². The molecule has 5 heteroatoms. The normalized spacial score (nSPS) is 10.5. The first-order valence-corrected chi connectivity index (χ1v) is 5.21. The maximum absolute atomic E-state index is 5.38. The van der Waals surface area contributed by atoms with Crippen molar-refractivity contribution in [3.63, 3.8) is 0 Å². The van der Waals surface area contributed by atoms with Crippen LogP contribution in [0.3, 0.4) is 0 Å². The van der Waals surface area contributed by atoms with E-state index in [-0.39, 0.29) is 0 Å². The molecule has 1 rings (SSSR count). The molecule has 0 N–H and O–H groups in total. The summed E-state index contributed by atoms with van der Waals surface area (Å²) >= 11 is 1.67. The standard InChI is InChI=1S/C8H14BNO2S/c1-2-11-3-4-12-6-7-5-10-8(9)13-7/h5H,2-4,6,9H2,1H3. The Balaban J connectivity index is 2.06. The molecule has 0 atom stereocenters. The molecule has 0 saturated carbocycles. The fourth-order valence-corrected chi connectivity index (χ4v) is 1.64. The summed E-state index contributed by atoms with van der Waals surface area (Å²) in [5.41, 5.74) is 0. The molecular formula is C8H14BNO2S. The Bertz CT molecular complexity index is 242. The van der Waals surface area contributed by atoms with E-state index in [0.717, 1.165) is 11.5 Å². The summed E-state index contributed by atoms with van der Waals surface area (Å²) in [6.07, 6.45) is 1.86. The largest absolute Gasteiger partial charge is 0.379 e. The molecule has 0 aliphatic carbocycles. The van der Waals surface area contributed by atoms with Crippen LogP contribution in [0.4, 0.5) is 0 Å². The third-order valence-electron chi connectivity index (χ3n) is 1.49. The molecule has 1 aromatic heterocycles. The van der Waals surface area contributed by atoms with Crippen LogP contribution < -0.4 is 4.91 Å². The Morgan fingerprint density at radius 3 is 2.85 bits per heavy atom. The predicted molar refractivity (Wildman–Crippen MR) is 56.4 cm³/mol. The molecule has 0 saturated heterocycles. The Morgan fingerprint density at radius 2 is 2.23 bits per heavy atom. The fourth-order valence-electron chi connectivity index (χ4n) is 0.907. The molecule has 72 valence electrons. The summed E-state index contributed by atoms with van der Waals surface area (Å²) in [4.78, 5) is 6.40. The molecule has 0 radical (unpaired) electrons. The van der Waals surface area contributed by atoms with E-state index in [1.54, 1.807) is 11.3 Å². The zero-order valence-electron chi connectivity index (χ0n) is 8.08. The molecule has 0 aromatic carbocycles. The van der Waals surface area contributed by atoms with Gasteiger partial charge < -0.3 is 9.47 Å². The Labute approximate surface area is 83.5 Å². The second-order valence-corrected chi connectivity index (χ2v) is 3.91. The van der Waals surface area contributed by atoms with Crippen molar-refractivity contribution in [2.75, 3.05) is 19.8 Å². The van der Waals surface area contributed by atoms with Crippen molar-refractivity contribution in [1.29, 1.82) is 0 Å². The van der Waals surface area contributed by atoms with Crippen LogP contribution in [-0.4, -0.2) is 32.7 Å². The lowest BCUT2D eigenvalue weighted by Crippen LogP contribution is -2.03. The molecule has 3 nitrogen and oxygen atoms in total. The SMILES string of the molecule is Bc1ncc(COCCOCC)s1. The first-order valence-electron chi connectivity index (χ1n) is 4.39. The molecule has 0 spiro atoms. The van der Waals surface area contributed by atoms with Gasteiger partial charge in [-0.25, -0.2) is 0 Å². The molecular weight excluding hydrogens is 185 g/mol. The average Bonchev–Trinajstić information content (AvgIpc) is 2.51. The molecule has 13 heavy (non-hydrogen) atoms. The van der Waals surface area contributed by atoms with E-state index in [1.807, 2.05) is 21.0 Å². The van der Waals surface area contributed by atoms with Crippen molar-refractivity contribution in [3.8, 4) is 0 Å². The van der Waals surface area contributed by atoms with E-state index in [9.17, 15) is 0 Å². The number of rotatable bonds is 6. The van der Waals surface area contributed by atoms with Gasteiger partial charge in [0.25, 0.3) is 0 Å². The zero-order chi connectivity index (χ0) is 9.52. The molecule has 0 unspecified atom stereocenters. The van der Waals surface area contributed by atoms with Crippen molar-refractivity contribution >= 4 is 24.1 Å². The lowest BCUT2D eigenvalue weighted by molar-refractivity contribution is 0.0462. The van der Waals surface area contributed by atoms with Crippen LogP contribution in [-0.2, 0) is 16.1 Å². The van der Waals surface area contributed by atoms with Gasteiger partial charge in [0, 0.05) is 22.6 Å². The highest BCUT2D eigenvalue weighted by atomic mass is 32.1. The van der Waals surface area contributed by atoms with Crippen molar-refractivity contribution in [3.05, 3.63) is 11.1 Å². The van der Waals surface area contributed by atoms with Crippen LogP contribution in [0.2, 0.25) is 0 Å². The Morgan fingerprint density at radius 1 is 1.46 bits per heavy atom. The first kappa shape index (κ1) is 10.7. The minimum absolute atomic E-state index is 0.651. The van der Waals surface area contributed by atoms with Gasteiger partial charge in [-0.1, -0.05) is 0 Å². The highest BCUT2D eigenvalue weighted by molar-refractivity contribution is 7.19. The third kappa shape index (κ3) is 4.40. The maximum Gasteiger partial charge on any atom is 0.177 e. The van der Waals surface area contributed by atoms with Gasteiger partial charge >= 0.3 is 0 Å². The number of ether oxygens (including phenoxy) is 2. The average molecular weight is 199 g/mol. The highest BCUT2D eigenvalue weighted by Gasteiger charge is 1.97. The molecule has 0 aliphatic rings. The van der Waals surface area contributed by atoms with Gasteiger partial charge in [0.15, 0.2) is 7.85 Å². The van der Waals surface area contributed by atoms with E-state index in [4.69, 9.17) is 9.47 Å². The van der Waals surface area contributed by atoms with Crippen LogP contribution >= 0.6 is 11.3 Å². The highest BCUT2D eigenvalue weighted by Crippen LogP contribution is 2.03. The fraction of sp³-hybridized carbons (Fsp3) is 0.625. The molecule has 1 heterocycles. The second kappa shape index (κ2) is 6.13. The first-order chi connectivity index (χ1) is 6.33. The third-order valence-corrected chi connectivity index (χ3v) is 2.38. The number of thiazole rings is 1. The number of hydrogen-bond donors (Lipinski definition) is 0. The quantitative estimate of drug-likeness (QED) is 0.475. The van der Waals surface area contributed by atoms with Crippen LogP contribution in [0.5, 0.6) is 0 Å². The van der Waals surface area contributed by atoms with Gasteiger partial charge in [0.2, 0.25) is 0 Å². The number of hydrogen-bond acceptors (Lipinski definition) is 4. The van der Waals surface area contributed by atoms with Crippen LogP contribution in [0.25, 0.3) is 0 Å². The van der Waals surface area contributed by atoms with E-state index >= 15 is 0 Å². The minimum Gasteiger partial charge on any atom is -0.379 e. The summed E-state index contributed by atoms with van der Waals surface area (Å²) in [6.45, 7) is 4.72. The molecule has 0 bridgehead atoms. The molecule has 1 aromatic rings. The van der Waals surface area contributed by atoms with Gasteiger partial charge in [-0.15, -0.1) is 11.3 Å². The second-order valence-electron chi connectivity index (χ2n) is 2.60. The lowest BCUT2D eigenvalue weighted by Gasteiger charge is -2.01.